The van der Waals surface area contributed by atoms with Gasteiger partial charge in [0, 0.05) is 19.6 Å². The third kappa shape index (κ3) is 7.36. The van der Waals surface area contributed by atoms with E-state index in [0.717, 1.165) is 38.3 Å². The number of nitrogens with zero attached hydrogens (tertiary/aromatic N) is 2. The molecule has 0 atom stereocenters. The predicted molar refractivity (Wildman–Crippen MR) is 113 cm³/mol. The summed E-state index contributed by atoms with van der Waals surface area (Å²) >= 11 is 0. The van der Waals surface area contributed by atoms with Gasteiger partial charge in [-0.2, -0.15) is 0 Å². The van der Waals surface area contributed by atoms with Crippen LogP contribution in [0.15, 0.2) is 54.6 Å². The van der Waals surface area contributed by atoms with Gasteiger partial charge in [-0.05, 0) is 69.1 Å². The number of hydrogen-bond acceptors (Lipinski definition) is 3. The van der Waals surface area contributed by atoms with E-state index in [9.17, 15) is 0 Å². The molecule has 3 rings (SSSR count). The maximum Gasteiger partial charge on any atom is 0.119 e. The summed E-state index contributed by atoms with van der Waals surface area (Å²) < 4.78 is 5.92. The summed E-state index contributed by atoms with van der Waals surface area (Å²) in [4.78, 5) is 4.95. The molecule has 0 N–H and O–H groups in total. The maximum atomic E-state index is 5.92. The molecule has 3 heteroatoms. The van der Waals surface area contributed by atoms with Gasteiger partial charge in [0.2, 0.25) is 0 Å². The van der Waals surface area contributed by atoms with E-state index >= 15 is 0 Å². The van der Waals surface area contributed by atoms with Crippen LogP contribution in [0.3, 0.4) is 0 Å². The molecule has 3 nitrogen and oxygen atoms in total. The van der Waals surface area contributed by atoms with Crippen molar-refractivity contribution < 1.29 is 4.74 Å². The van der Waals surface area contributed by atoms with Crippen molar-refractivity contribution in [3.63, 3.8) is 0 Å². The third-order valence-corrected chi connectivity index (χ3v) is 5.34. The van der Waals surface area contributed by atoms with Gasteiger partial charge in [0.25, 0.3) is 0 Å². The fraction of sp³-hybridized carbons (Fsp3) is 0.500. The molecule has 27 heavy (non-hydrogen) atoms. The second-order valence-corrected chi connectivity index (χ2v) is 7.72. The largest absolute Gasteiger partial charge is 0.494 e. The van der Waals surface area contributed by atoms with E-state index in [2.05, 4.69) is 71.4 Å². The average molecular weight is 367 g/mol. The van der Waals surface area contributed by atoms with E-state index in [1.165, 1.54) is 50.0 Å². The first-order valence-corrected chi connectivity index (χ1v) is 10.5. The van der Waals surface area contributed by atoms with Crippen LogP contribution in [0.1, 0.15) is 36.8 Å². The van der Waals surface area contributed by atoms with Crippen molar-refractivity contribution in [3.05, 3.63) is 65.7 Å². The van der Waals surface area contributed by atoms with Crippen molar-refractivity contribution in [2.45, 2.75) is 38.6 Å². The van der Waals surface area contributed by atoms with Gasteiger partial charge in [0.15, 0.2) is 0 Å². The molecule has 1 aliphatic rings. The number of benzene rings is 2. The normalized spacial score (nSPS) is 15.2. The molecular weight excluding hydrogens is 332 g/mol. The smallest absolute Gasteiger partial charge is 0.119 e. The van der Waals surface area contributed by atoms with E-state index in [0.29, 0.717) is 0 Å². The highest BCUT2D eigenvalue weighted by Gasteiger charge is 2.09. The van der Waals surface area contributed by atoms with Crippen molar-refractivity contribution in [2.24, 2.45) is 0 Å². The summed E-state index contributed by atoms with van der Waals surface area (Å²) in [7, 11) is 2.19. The number of piperidine rings is 1. The molecule has 2 aromatic rings. The Morgan fingerprint density at radius 2 is 1.63 bits per heavy atom. The van der Waals surface area contributed by atoms with Crippen molar-refractivity contribution in [2.75, 3.05) is 39.8 Å². The van der Waals surface area contributed by atoms with Gasteiger partial charge >= 0.3 is 0 Å². The molecule has 146 valence electrons. The van der Waals surface area contributed by atoms with E-state index < -0.39 is 0 Å². The highest BCUT2D eigenvalue weighted by molar-refractivity contribution is 5.27. The number of likely N-dealkylation sites (N-methyl/N-ethyl adjacent to an activating group) is 1. The van der Waals surface area contributed by atoms with Crippen molar-refractivity contribution in [1.82, 2.24) is 9.80 Å². The van der Waals surface area contributed by atoms with Crippen LogP contribution >= 0.6 is 0 Å². The van der Waals surface area contributed by atoms with Gasteiger partial charge in [-0.3, -0.25) is 0 Å². The summed E-state index contributed by atoms with van der Waals surface area (Å²) in [6.45, 7) is 6.57. The van der Waals surface area contributed by atoms with Gasteiger partial charge in [-0.15, -0.1) is 0 Å². The predicted octanol–water partition coefficient (Wildman–Crippen LogP) is 4.62. The topological polar surface area (TPSA) is 15.7 Å². The molecule has 0 bridgehead atoms. The van der Waals surface area contributed by atoms with Crippen LogP contribution in [-0.2, 0) is 13.0 Å². The number of likely N-dealkylation sites (tertiary alicyclic amines) is 1. The van der Waals surface area contributed by atoms with Crippen LogP contribution < -0.4 is 4.74 Å². The molecule has 1 heterocycles. The second-order valence-electron chi connectivity index (χ2n) is 7.72. The summed E-state index contributed by atoms with van der Waals surface area (Å²) in [5.74, 6) is 0.990. The van der Waals surface area contributed by atoms with Crippen LogP contribution in [0.25, 0.3) is 0 Å². The van der Waals surface area contributed by atoms with Crippen molar-refractivity contribution in [3.8, 4) is 5.75 Å². The Labute approximate surface area is 164 Å². The summed E-state index contributed by atoms with van der Waals surface area (Å²) in [5.41, 5.74) is 2.74. The Hall–Kier alpha value is -1.84. The van der Waals surface area contributed by atoms with Gasteiger partial charge in [0.1, 0.15) is 5.75 Å². The van der Waals surface area contributed by atoms with Gasteiger partial charge in [-0.25, -0.2) is 0 Å². The molecule has 0 amide bonds. The molecule has 0 aliphatic carbocycles. The number of rotatable bonds is 10. The lowest BCUT2D eigenvalue weighted by Gasteiger charge is -2.26. The minimum Gasteiger partial charge on any atom is -0.494 e. The van der Waals surface area contributed by atoms with Crippen LogP contribution in [-0.4, -0.2) is 49.6 Å². The molecule has 0 radical (unpaired) electrons. The Kier molecular flexibility index (Phi) is 8.19. The molecule has 0 spiro atoms. The second kappa shape index (κ2) is 11.1. The highest BCUT2D eigenvalue weighted by Crippen LogP contribution is 2.14. The fourth-order valence-electron chi connectivity index (χ4n) is 3.71. The molecule has 1 aliphatic heterocycles. The first-order chi connectivity index (χ1) is 13.3. The van der Waals surface area contributed by atoms with Crippen molar-refractivity contribution >= 4 is 0 Å². The van der Waals surface area contributed by atoms with Crippen LogP contribution in [0.4, 0.5) is 0 Å². The lowest BCUT2D eigenvalue weighted by atomic mass is 10.1. The Morgan fingerprint density at radius 1 is 0.889 bits per heavy atom. The van der Waals surface area contributed by atoms with E-state index in [4.69, 9.17) is 4.74 Å². The number of hydrogen-bond donors (Lipinski definition) is 0. The monoisotopic (exact) mass is 366 g/mol. The zero-order valence-corrected chi connectivity index (χ0v) is 16.8. The SMILES string of the molecule is CN(CCc1ccccc1)Cc1ccc(OCCCN2CCCCC2)cc1. The molecule has 0 saturated carbocycles. The van der Waals surface area contributed by atoms with Gasteiger partial charge in [-0.1, -0.05) is 48.9 Å². The van der Waals surface area contributed by atoms with Gasteiger partial charge in [0.05, 0.1) is 6.61 Å². The first kappa shape index (κ1) is 19.9. The third-order valence-electron chi connectivity index (χ3n) is 5.34. The Bertz CT molecular complexity index is 635. The zero-order valence-electron chi connectivity index (χ0n) is 16.8. The van der Waals surface area contributed by atoms with Crippen LogP contribution in [0.2, 0.25) is 0 Å². The molecule has 1 saturated heterocycles. The Morgan fingerprint density at radius 3 is 2.37 bits per heavy atom. The van der Waals surface area contributed by atoms with Crippen molar-refractivity contribution in [1.29, 1.82) is 0 Å². The minimum atomic E-state index is 0.812. The van der Waals surface area contributed by atoms with Crippen LogP contribution in [0, 0.1) is 0 Å². The minimum absolute atomic E-state index is 0.812. The quantitative estimate of drug-likeness (QED) is 0.571. The molecule has 1 fully saturated rings. The molecule has 0 unspecified atom stereocenters. The van der Waals surface area contributed by atoms with Gasteiger partial charge < -0.3 is 14.5 Å². The molecule has 2 aromatic carbocycles. The van der Waals surface area contributed by atoms with Crippen LogP contribution in [0.5, 0.6) is 5.75 Å². The lowest BCUT2D eigenvalue weighted by molar-refractivity contribution is 0.205. The average Bonchev–Trinajstić information content (AvgIpc) is 2.72. The fourth-order valence-corrected chi connectivity index (χ4v) is 3.71. The maximum absolute atomic E-state index is 5.92. The zero-order chi connectivity index (χ0) is 18.7. The first-order valence-electron chi connectivity index (χ1n) is 10.5. The van der Waals surface area contributed by atoms with E-state index in [-0.39, 0.29) is 0 Å². The molecular formula is C24H34N2O. The standard InChI is InChI=1S/C24H34N2O/c1-25(19-15-22-9-4-2-5-10-22)21-23-11-13-24(14-12-23)27-20-8-18-26-16-6-3-7-17-26/h2,4-5,9-14H,3,6-8,15-21H2,1H3. The lowest BCUT2D eigenvalue weighted by Crippen LogP contribution is -2.31. The summed E-state index contributed by atoms with van der Waals surface area (Å²) in [6, 6.07) is 19.3. The molecule has 0 aromatic heterocycles. The van der Waals surface area contributed by atoms with E-state index in [1.54, 1.807) is 0 Å². The number of ether oxygens (including phenoxy) is 1. The highest BCUT2D eigenvalue weighted by atomic mass is 16.5. The van der Waals surface area contributed by atoms with E-state index in [1.807, 2.05) is 0 Å². The summed E-state index contributed by atoms with van der Waals surface area (Å²) in [5, 5.41) is 0. The summed E-state index contributed by atoms with van der Waals surface area (Å²) in [6.07, 6.45) is 6.34. The Balaban J connectivity index is 1.33.